The first-order valence-electron chi connectivity index (χ1n) is 7.00. The van der Waals surface area contributed by atoms with Crippen LogP contribution >= 0.6 is 0 Å². The zero-order chi connectivity index (χ0) is 12.5. The molecule has 1 aromatic heterocycles. The fraction of sp³-hybridized carbons (Fsp3) is 0.533. The van der Waals surface area contributed by atoms with Crippen LogP contribution in [0.5, 0.6) is 0 Å². The van der Waals surface area contributed by atoms with Gasteiger partial charge in [0.1, 0.15) is 0 Å². The number of nitrogens with zero attached hydrogens (tertiary/aromatic N) is 2. The van der Waals surface area contributed by atoms with Gasteiger partial charge < -0.3 is 5.73 Å². The number of rotatable bonds is 2. The van der Waals surface area contributed by atoms with E-state index >= 15 is 0 Å². The lowest BCUT2D eigenvalue weighted by Crippen LogP contribution is -2.19. The molecule has 18 heavy (non-hydrogen) atoms. The van der Waals surface area contributed by atoms with E-state index in [1.54, 1.807) is 0 Å². The second-order valence-electron chi connectivity index (χ2n) is 5.50. The SMILES string of the molecule is CCC1CCCC(n2ncc3ccc(N)cc32)C1. The molecule has 2 N–H and O–H groups in total. The summed E-state index contributed by atoms with van der Waals surface area (Å²) in [5.41, 5.74) is 7.91. The van der Waals surface area contributed by atoms with E-state index in [0.29, 0.717) is 6.04 Å². The van der Waals surface area contributed by atoms with Gasteiger partial charge in [0.15, 0.2) is 0 Å². The van der Waals surface area contributed by atoms with Crippen LogP contribution in [0.3, 0.4) is 0 Å². The molecule has 0 radical (unpaired) electrons. The second-order valence-corrected chi connectivity index (χ2v) is 5.50. The van der Waals surface area contributed by atoms with Crippen LogP contribution < -0.4 is 5.73 Å². The highest BCUT2D eigenvalue weighted by Crippen LogP contribution is 2.35. The monoisotopic (exact) mass is 243 g/mol. The fourth-order valence-electron chi connectivity index (χ4n) is 3.20. The predicted molar refractivity (Wildman–Crippen MR) is 75.4 cm³/mol. The number of hydrogen-bond donors (Lipinski definition) is 1. The van der Waals surface area contributed by atoms with E-state index in [4.69, 9.17) is 5.73 Å². The lowest BCUT2D eigenvalue weighted by atomic mass is 9.84. The minimum absolute atomic E-state index is 0.558. The number of nitrogens with two attached hydrogens (primary N) is 1. The zero-order valence-corrected chi connectivity index (χ0v) is 11.0. The van der Waals surface area contributed by atoms with E-state index in [-0.39, 0.29) is 0 Å². The van der Waals surface area contributed by atoms with E-state index in [0.717, 1.165) is 11.6 Å². The minimum atomic E-state index is 0.558. The largest absolute Gasteiger partial charge is 0.399 e. The van der Waals surface area contributed by atoms with Gasteiger partial charge in [0, 0.05) is 11.1 Å². The lowest BCUT2D eigenvalue weighted by Gasteiger charge is -2.29. The molecule has 2 atom stereocenters. The van der Waals surface area contributed by atoms with Crippen LogP contribution in [0.2, 0.25) is 0 Å². The third kappa shape index (κ3) is 1.98. The Morgan fingerprint density at radius 3 is 3.11 bits per heavy atom. The number of aromatic nitrogens is 2. The summed E-state index contributed by atoms with van der Waals surface area (Å²) in [5, 5.41) is 5.79. The summed E-state index contributed by atoms with van der Waals surface area (Å²) in [6.07, 6.45) is 8.48. The maximum Gasteiger partial charge on any atom is 0.0706 e. The van der Waals surface area contributed by atoms with Crippen molar-refractivity contribution < 1.29 is 0 Å². The van der Waals surface area contributed by atoms with Gasteiger partial charge >= 0.3 is 0 Å². The van der Waals surface area contributed by atoms with E-state index in [1.807, 2.05) is 12.3 Å². The van der Waals surface area contributed by atoms with Gasteiger partial charge in [-0.05, 0) is 37.0 Å². The van der Waals surface area contributed by atoms with Crippen molar-refractivity contribution in [3.8, 4) is 0 Å². The quantitative estimate of drug-likeness (QED) is 0.816. The molecule has 96 valence electrons. The minimum Gasteiger partial charge on any atom is -0.399 e. The van der Waals surface area contributed by atoms with Gasteiger partial charge in [-0.25, -0.2) is 0 Å². The van der Waals surface area contributed by atoms with Crippen LogP contribution in [0.1, 0.15) is 45.1 Å². The average Bonchev–Trinajstić information content (AvgIpc) is 2.81. The molecule has 2 unspecified atom stereocenters. The lowest BCUT2D eigenvalue weighted by molar-refractivity contribution is 0.252. The highest BCUT2D eigenvalue weighted by atomic mass is 15.3. The summed E-state index contributed by atoms with van der Waals surface area (Å²) in [6.45, 7) is 2.30. The summed E-state index contributed by atoms with van der Waals surface area (Å²) in [7, 11) is 0. The Morgan fingerprint density at radius 2 is 2.28 bits per heavy atom. The van der Waals surface area contributed by atoms with Crippen molar-refractivity contribution in [2.75, 3.05) is 5.73 Å². The number of hydrogen-bond acceptors (Lipinski definition) is 2. The molecule has 0 spiro atoms. The molecule has 1 fully saturated rings. The molecule has 2 aromatic rings. The van der Waals surface area contributed by atoms with Crippen molar-refractivity contribution in [1.82, 2.24) is 9.78 Å². The van der Waals surface area contributed by atoms with E-state index in [1.165, 1.54) is 43.0 Å². The molecule has 1 aliphatic rings. The molecular formula is C15H21N3. The summed E-state index contributed by atoms with van der Waals surface area (Å²) in [4.78, 5) is 0. The van der Waals surface area contributed by atoms with Crippen molar-refractivity contribution in [2.24, 2.45) is 5.92 Å². The van der Waals surface area contributed by atoms with Gasteiger partial charge in [-0.1, -0.05) is 26.2 Å². The molecule has 3 rings (SSSR count). The van der Waals surface area contributed by atoms with Crippen molar-refractivity contribution in [2.45, 2.75) is 45.1 Å². The first-order valence-corrected chi connectivity index (χ1v) is 7.00. The molecule has 1 heterocycles. The normalized spacial score (nSPS) is 24.5. The highest BCUT2D eigenvalue weighted by Gasteiger charge is 2.23. The summed E-state index contributed by atoms with van der Waals surface area (Å²) >= 11 is 0. The first-order chi connectivity index (χ1) is 8.78. The van der Waals surface area contributed by atoms with E-state index in [2.05, 4.69) is 28.8 Å². The van der Waals surface area contributed by atoms with Crippen LogP contribution in [0.4, 0.5) is 5.69 Å². The molecule has 0 amide bonds. The Bertz CT molecular complexity index is 544. The van der Waals surface area contributed by atoms with Crippen LogP contribution in [0.15, 0.2) is 24.4 Å². The summed E-state index contributed by atoms with van der Waals surface area (Å²) in [6, 6.07) is 6.62. The van der Waals surface area contributed by atoms with Crippen LogP contribution in [-0.2, 0) is 0 Å². The van der Waals surface area contributed by atoms with Gasteiger partial charge in [-0.15, -0.1) is 0 Å². The number of anilines is 1. The van der Waals surface area contributed by atoms with Gasteiger partial charge in [-0.3, -0.25) is 4.68 Å². The van der Waals surface area contributed by atoms with Crippen molar-refractivity contribution in [3.05, 3.63) is 24.4 Å². The number of fused-ring (bicyclic) bond motifs is 1. The van der Waals surface area contributed by atoms with Crippen LogP contribution in [-0.4, -0.2) is 9.78 Å². The second kappa shape index (κ2) is 4.63. The molecule has 0 aliphatic heterocycles. The average molecular weight is 243 g/mol. The Kier molecular flexibility index (Phi) is 2.98. The molecule has 1 saturated carbocycles. The summed E-state index contributed by atoms with van der Waals surface area (Å²) in [5.74, 6) is 0.865. The molecule has 1 aliphatic carbocycles. The van der Waals surface area contributed by atoms with Crippen molar-refractivity contribution in [1.29, 1.82) is 0 Å². The van der Waals surface area contributed by atoms with Gasteiger partial charge in [0.05, 0.1) is 17.8 Å². The van der Waals surface area contributed by atoms with Gasteiger partial charge in [0.25, 0.3) is 0 Å². The molecular weight excluding hydrogens is 222 g/mol. The number of benzene rings is 1. The smallest absolute Gasteiger partial charge is 0.0706 e. The fourth-order valence-corrected chi connectivity index (χ4v) is 3.20. The molecule has 0 saturated heterocycles. The summed E-state index contributed by atoms with van der Waals surface area (Å²) < 4.78 is 2.20. The third-order valence-corrected chi connectivity index (χ3v) is 4.30. The van der Waals surface area contributed by atoms with Crippen molar-refractivity contribution in [3.63, 3.8) is 0 Å². The maximum absolute atomic E-state index is 5.89. The zero-order valence-electron chi connectivity index (χ0n) is 11.0. The van der Waals surface area contributed by atoms with Gasteiger partial charge in [0.2, 0.25) is 0 Å². The Hall–Kier alpha value is -1.51. The topological polar surface area (TPSA) is 43.8 Å². The Balaban J connectivity index is 1.96. The van der Waals surface area contributed by atoms with E-state index in [9.17, 15) is 0 Å². The van der Waals surface area contributed by atoms with Crippen LogP contribution in [0, 0.1) is 5.92 Å². The molecule has 1 aromatic carbocycles. The van der Waals surface area contributed by atoms with E-state index < -0.39 is 0 Å². The van der Waals surface area contributed by atoms with Gasteiger partial charge in [-0.2, -0.15) is 5.10 Å². The molecule has 3 nitrogen and oxygen atoms in total. The maximum atomic E-state index is 5.89. The highest BCUT2D eigenvalue weighted by molar-refractivity contribution is 5.81. The molecule has 0 bridgehead atoms. The Labute approximate surface area is 108 Å². The standard InChI is InChI=1S/C15H21N3/c1-2-11-4-3-5-14(8-11)18-15-9-13(16)7-6-12(15)10-17-18/h6-7,9-11,14H,2-5,8,16H2,1H3. The van der Waals surface area contributed by atoms with Crippen LogP contribution in [0.25, 0.3) is 10.9 Å². The molecule has 3 heteroatoms. The Morgan fingerprint density at radius 1 is 1.39 bits per heavy atom. The predicted octanol–water partition coefficient (Wildman–Crippen LogP) is 3.76. The third-order valence-electron chi connectivity index (χ3n) is 4.30. The number of nitrogen functional groups attached to an aromatic ring is 1. The first kappa shape index (κ1) is 11.6. The van der Waals surface area contributed by atoms with Crippen molar-refractivity contribution >= 4 is 16.6 Å².